The van der Waals surface area contributed by atoms with Gasteiger partial charge in [0.25, 0.3) is 0 Å². The average Bonchev–Trinajstić information content (AvgIpc) is 2.54. The number of aliphatic carboxylic acids is 1. The summed E-state index contributed by atoms with van der Waals surface area (Å²) < 4.78 is 2.03. The van der Waals surface area contributed by atoms with E-state index < -0.39 is 5.97 Å². The number of carbonyl (C=O) groups excluding carboxylic acids is 1. The molecule has 0 aliphatic heterocycles. The molecule has 80 valence electrons. The van der Waals surface area contributed by atoms with Crippen molar-refractivity contribution in [2.75, 3.05) is 13.2 Å². The Kier molecular flexibility index (Phi) is 6.91. The fraction of sp³-hybridized carbons (Fsp3) is 0.500. The quantitative estimate of drug-likeness (QED) is 0.576. The molecule has 0 atom stereocenters. The smallest absolute Gasteiger partial charge is 0.225 e. The van der Waals surface area contributed by atoms with E-state index >= 15 is 0 Å². The second-order valence-corrected chi connectivity index (χ2v) is 3.21. The molecule has 0 unspecified atom stereocenters. The molecule has 0 saturated carbocycles. The summed E-state index contributed by atoms with van der Waals surface area (Å²) in [4.78, 5) is 9.13. The number of thiazole rings is 1. The SMILES string of the molecule is Cc1csc[n+]1CCO.NCC(=O)[O-]. The number of hydrogen-bond acceptors (Lipinski definition) is 5. The van der Waals surface area contributed by atoms with Gasteiger partial charge in [0.15, 0.2) is 12.2 Å². The highest BCUT2D eigenvalue weighted by atomic mass is 32.1. The molecular weight excluding hydrogens is 204 g/mol. The molecular formula is C8H14N2O3S. The summed E-state index contributed by atoms with van der Waals surface area (Å²) in [6.07, 6.45) is 0. The van der Waals surface area contributed by atoms with Crippen molar-refractivity contribution in [1.29, 1.82) is 0 Å². The van der Waals surface area contributed by atoms with E-state index in [0.29, 0.717) is 0 Å². The lowest BCUT2D eigenvalue weighted by Crippen LogP contribution is -2.35. The van der Waals surface area contributed by atoms with Gasteiger partial charge in [-0.15, -0.1) is 0 Å². The Morgan fingerprint density at radius 3 is 2.64 bits per heavy atom. The van der Waals surface area contributed by atoms with Crippen LogP contribution in [0.15, 0.2) is 10.9 Å². The molecule has 3 N–H and O–H groups in total. The van der Waals surface area contributed by atoms with Crippen molar-refractivity contribution in [3.05, 3.63) is 16.6 Å². The van der Waals surface area contributed by atoms with Crippen LogP contribution in [0.4, 0.5) is 0 Å². The second kappa shape index (κ2) is 7.43. The minimum absolute atomic E-state index is 0.224. The van der Waals surface area contributed by atoms with Crippen LogP contribution < -0.4 is 15.4 Å². The van der Waals surface area contributed by atoms with E-state index in [2.05, 4.69) is 11.1 Å². The molecule has 0 fully saturated rings. The van der Waals surface area contributed by atoms with Gasteiger partial charge in [-0.05, 0) is 0 Å². The van der Waals surface area contributed by atoms with Crippen LogP contribution in [0.25, 0.3) is 0 Å². The molecule has 0 radical (unpaired) electrons. The van der Waals surface area contributed by atoms with Gasteiger partial charge in [0, 0.05) is 13.5 Å². The van der Waals surface area contributed by atoms with Crippen LogP contribution in [0.1, 0.15) is 5.69 Å². The lowest BCUT2D eigenvalue weighted by molar-refractivity contribution is -0.699. The van der Waals surface area contributed by atoms with Crippen LogP contribution in [-0.4, -0.2) is 24.2 Å². The number of hydrogen-bond donors (Lipinski definition) is 2. The lowest BCUT2D eigenvalue weighted by atomic mass is 10.5. The van der Waals surface area contributed by atoms with Gasteiger partial charge in [-0.2, -0.15) is 4.57 Å². The van der Waals surface area contributed by atoms with Crippen molar-refractivity contribution < 1.29 is 19.6 Å². The molecule has 1 heterocycles. The molecule has 5 nitrogen and oxygen atoms in total. The molecule has 0 spiro atoms. The first-order valence-electron chi connectivity index (χ1n) is 4.04. The number of aromatic nitrogens is 1. The Morgan fingerprint density at radius 1 is 1.79 bits per heavy atom. The number of aliphatic hydroxyl groups excluding tert-OH is 1. The molecule has 0 amide bonds. The number of nitrogens with zero attached hydrogens (tertiary/aromatic N) is 1. The molecule has 1 aromatic heterocycles. The van der Waals surface area contributed by atoms with Gasteiger partial charge in [-0.25, -0.2) is 0 Å². The standard InChI is InChI=1S/C6H10NOS.C2H5NO2/c1-6-4-9-5-7(6)2-3-8;3-1-2(4)5/h4-5,8H,2-3H2,1H3;1,3H2,(H,4,5)/q+1;/p-1. The van der Waals surface area contributed by atoms with Gasteiger partial charge in [-0.1, -0.05) is 11.3 Å². The fourth-order valence-corrected chi connectivity index (χ4v) is 1.50. The Labute approximate surface area is 86.4 Å². The number of rotatable bonds is 3. The summed E-state index contributed by atoms with van der Waals surface area (Å²) in [5.74, 6) is -1.22. The third-order valence-corrected chi connectivity index (χ3v) is 2.24. The van der Waals surface area contributed by atoms with Crippen molar-refractivity contribution in [2.24, 2.45) is 5.73 Å². The zero-order valence-corrected chi connectivity index (χ0v) is 8.79. The minimum atomic E-state index is -1.22. The highest BCUT2D eigenvalue weighted by molar-refractivity contribution is 7.07. The van der Waals surface area contributed by atoms with E-state index in [4.69, 9.17) is 15.0 Å². The predicted molar refractivity (Wildman–Crippen MR) is 50.4 cm³/mol. The van der Waals surface area contributed by atoms with Gasteiger partial charge in [0.05, 0.1) is 11.3 Å². The van der Waals surface area contributed by atoms with Crippen LogP contribution in [0.5, 0.6) is 0 Å². The largest absolute Gasteiger partial charge is 0.549 e. The summed E-state index contributed by atoms with van der Waals surface area (Å²) in [5.41, 5.74) is 7.73. The van der Waals surface area contributed by atoms with E-state index in [1.807, 2.05) is 17.0 Å². The summed E-state index contributed by atoms with van der Waals surface area (Å²) in [6, 6.07) is 0. The van der Waals surface area contributed by atoms with Crippen molar-refractivity contribution in [1.82, 2.24) is 0 Å². The van der Waals surface area contributed by atoms with Crippen LogP contribution in [-0.2, 0) is 11.3 Å². The zero-order chi connectivity index (χ0) is 11.0. The Morgan fingerprint density at radius 2 is 2.36 bits per heavy atom. The maximum absolute atomic E-state index is 9.13. The normalized spacial score (nSPS) is 9.07. The van der Waals surface area contributed by atoms with Crippen LogP contribution in [0, 0.1) is 6.92 Å². The Hall–Kier alpha value is -0.980. The minimum Gasteiger partial charge on any atom is -0.549 e. The highest BCUT2D eigenvalue weighted by Crippen LogP contribution is 1.95. The van der Waals surface area contributed by atoms with E-state index in [9.17, 15) is 0 Å². The third-order valence-electron chi connectivity index (χ3n) is 1.39. The number of carboxylic acid groups (broad SMARTS) is 1. The first-order chi connectivity index (χ1) is 6.61. The van der Waals surface area contributed by atoms with Crippen molar-refractivity contribution in [3.8, 4) is 0 Å². The van der Waals surface area contributed by atoms with E-state index in [0.717, 1.165) is 6.54 Å². The molecule has 0 aliphatic carbocycles. The molecule has 0 aliphatic rings. The van der Waals surface area contributed by atoms with Crippen LogP contribution >= 0.6 is 11.3 Å². The molecule has 0 aromatic carbocycles. The Balaban J connectivity index is 0.000000292. The molecule has 0 saturated heterocycles. The van der Waals surface area contributed by atoms with Crippen molar-refractivity contribution >= 4 is 17.3 Å². The monoisotopic (exact) mass is 218 g/mol. The second-order valence-electron chi connectivity index (χ2n) is 2.49. The summed E-state index contributed by atoms with van der Waals surface area (Å²) in [7, 11) is 0. The topological polar surface area (TPSA) is 90.3 Å². The van der Waals surface area contributed by atoms with Gasteiger partial charge in [0.2, 0.25) is 5.51 Å². The molecule has 14 heavy (non-hydrogen) atoms. The number of aliphatic hydroxyl groups is 1. The molecule has 1 aromatic rings. The van der Waals surface area contributed by atoms with Crippen molar-refractivity contribution in [2.45, 2.75) is 13.5 Å². The first kappa shape index (κ1) is 13.0. The fourth-order valence-electron chi connectivity index (χ4n) is 0.690. The number of nitrogens with two attached hydrogens (primary N) is 1. The van der Waals surface area contributed by atoms with Gasteiger partial charge >= 0.3 is 0 Å². The number of carboxylic acids is 1. The number of carbonyl (C=O) groups is 1. The number of aryl methyl sites for hydroxylation is 1. The van der Waals surface area contributed by atoms with E-state index in [-0.39, 0.29) is 13.2 Å². The third kappa shape index (κ3) is 5.63. The van der Waals surface area contributed by atoms with Gasteiger partial charge in [0.1, 0.15) is 6.61 Å². The van der Waals surface area contributed by atoms with E-state index in [1.165, 1.54) is 5.69 Å². The molecule has 1 rings (SSSR count). The summed E-state index contributed by atoms with van der Waals surface area (Å²) in [6.45, 7) is 2.59. The summed E-state index contributed by atoms with van der Waals surface area (Å²) in [5, 5.41) is 19.7. The molecule has 6 heteroatoms. The lowest BCUT2D eigenvalue weighted by Gasteiger charge is -1.87. The molecule has 0 bridgehead atoms. The Bertz CT molecular complexity index is 275. The maximum atomic E-state index is 9.13. The van der Waals surface area contributed by atoms with Crippen LogP contribution in [0.3, 0.4) is 0 Å². The predicted octanol–water partition coefficient (Wildman–Crippen LogP) is -1.97. The highest BCUT2D eigenvalue weighted by Gasteiger charge is 2.03. The van der Waals surface area contributed by atoms with E-state index in [1.54, 1.807) is 11.3 Å². The van der Waals surface area contributed by atoms with Gasteiger partial charge in [-0.3, -0.25) is 0 Å². The first-order valence-corrected chi connectivity index (χ1v) is 4.99. The average molecular weight is 218 g/mol. The zero-order valence-electron chi connectivity index (χ0n) is 7.97. The van der Waals surface area contributed by atoms with Gasteiger partial charge < -0.3 is 20.7 Å². The summed E-state index contributed by atoms with van der Waals surface area (Å²) >= 11 is 1.66. The van der Waals surface area contributed by atoms with Crippen LogP contribution in [0.2, 0.25) is 0 Å². The maximum Gasteiger partial charge on any atom is 0.225 e. The van der Waals surface area contributed by atoms with Crippen molar-refractivity contribution in [3.63, 3.8) is 0 Å².